The number of nitrogens with one attached hydrogen (secondary N) is 2. The molecule has 0 aliphatic carbocycles. The van der Waals surface area contributed by atoms with Gasteiger partial charge in [0.2, 0.25) is 5.91 Å². The van der Waals surface area contributed by atoms with Crippen molar-refractivity contribution in [3.63, 3.8) is 0 Å². The Kier molecular flexibility index (Phi) is 5.09. The first-order valence-corrected chi connectivity index (χ1v) is 6.64. The van der Waals surface area contributed by atoms with E-state index in [4.69, 9.17) is 4.42 Å². The molecule has 110 valence electrons. The van der Waals surface area contributed by atoms with E-state index in [-0.39, 0.29) is 24.8 Å². The molecule has 0 saturated heterocycles. The molecule has 0 aromatic carbocycles. The SMILES string of the molecule is Cc1occc1C(=O)NCCC(=O)NCc1cccnc1. The lowest BCUT2D eigenvalue weighted by Gasteiger charge is -2.06. The average molecular weight is 287 g/mol. The van der Waals surface area contributed by atoms with Crippen LogP contribution in [0.1, 0.15) is 28.1 Å². The third kappa shape index (κ3) is 4.45. The summed E-state index contributed by atoms with van der Waals surface area (Å²) in [5.41, 5.74) is 1.43. The van der Waals surface area contributed by atoms with E-state index in [0.717, 1.165) is 5.56 Å². The van der Waals surface area contributed by atoms with Gasteiger partial charge in [-0.25, -0.2) is 0 Å². The van der Waals surface area contributed by atoms with Crippen molar-refractivity contribution >= 4 is 11.8 Å². The highest BCUT2D eigenvalue weighted by Gasteiger charge is 2.11. The first-order valence-electron chi connectivity index (χ1n) is 6.64. The van der Waals surface area contributed by atoms with Gasteiger partial charge in [0.05, 0.1) is 11.8 Å². The Morgan fingerprint density at radius 3 is 2.81 bits per heavy atom. The lowest BCUT2D eigenvalue weighted by atomic mass is 10.2. The monoisotopic (exact) mass is 287 g/mol. The summed E-state index contributed by atoms with van der Waals surface area (Å²) in [4.78, 5) is 27.4. The Morgan fingerprint density at radius 1 is 1.29 bits per heavy atom. The fourth-order valence-corrected chi connectivity index (χ4v) is 1.80. The quantitative estimate of drug-likeness (QED) is 0.841. The van der Waals surface area contributed by atoms with Crippen LogP contribution in [0.25, 0.3) is 0 Å². The van der Waals surface area contributed by atoms with Crippen LogP contribution < -0.4 is 10.6 Å². The minimum atomic E-state index is -0.235. The average Bonchev–Trinajstić information content (AvgIpc) is 2.92. The molecule has 0 atom stereocenters. The third-order valence-electron chi connectivity index (χ3n) is 2.95. The molecule has 0 spiro atoms. The molecule has 6 nitrogen and oxygen atoms in total. The topological polar surface area (TPSA) is 84.2 Å². The van der Waals surface area contributed by atoms with Crippen LogP contribution in [0.15, 0.2) is 41.3 Å². The van der Waals surface area contributed by atoms with Gasteiger partial charge in [-0.05, 0) is 24.6 Å². The normalized spacial score (nSPS) is 10.1. The summed E-state index contributed by atoms with van der Waals surface area (Å²) in [5.74, 6) is 0.206. The van der Waals surface area contributed by atoms with Crippen molar-refractivity contribution < 1.29 is 14.0 Å². The van der Waals surface area contributed by atoms with Crippen LogP contribution in [0.3, 0.4) is 0 Å². The second-order valence-electron chi connectivity index (χ2n) is 4.53. The molecule has 0 bridgehead atoms. The smallest absolute Gasteiger partial charge is 0.254 e. The summed E-state index contributed by atoms with van der Waals surface area (Å²) in [7, 11) is 0. The molecule has 2 aromatic rings. The molecule has 2 aromatic heterocycles. The molecule has 2 rings (SSSR count). The van der Waals surface area contributed by atoms with Crippen molar-refractivity contribution in [3.05, 3.63) is 53.7 Å². The molecule has 6 heteroatoms. The summed E-state index contributed by atoms with van der Waals surface area (Å²) < 4.78 is 5.05. The van der Waals surface area contributed by atoms with Crippen molar-refractivity contribution in [2.45, 2.75) is 19.9 Å². The summed E-state index contributed by atoms with van der Waals surface area (Å²) in [6.07, 6.45) is 5.07. The number of carbonyl (C=O) groups excluding carboxylic acids is 2. The molecular weight excluding hydrogens is 270 g/mol. The standard InChI is InChI=1S/C15H17N3O3/c1-11-13(5-8-21-11)15(20)17-7-4-14(19)18-10-12-3-2-6-16-9-12/h2-3,5-6,8-9H,4,7,10H2,1H3,(H,17,20)(H,18,19). The maximum atomic E-state index is 11.8. The van der Waals surface area contributed by atoms with Gasteiger partial charge in [-0.2, -0.15) is 0 Å². The van der Waals surface area contributed by atoms with Crippen LogP contribution in [0.4, 0.5) is 0 Å². The number of aryl methyl sites for hydroxylation is 1. The zero-order chi connectivity index (χ0) is 15.1. The minimum Gasteiger partial charge on any atom is -0.469 e. The van der Waals surface area contributed by atoms with Gasteiger partial charge >= 0.3 is 0 Å². The molecule has 2 N–H and O–H groups in total. The number of amides is 2. The first kappa shape index (κ1) is 14.8. The maximum Gasteiger partial charge on any atom is 0.254 e. The van der Waals surface area contributed by atoms with Crippen LogP contribution in [0, 0.1) is 6.92 Å². The molecule has 2 heterocycles. The molecule has 0 aliphatic rings. The zero-order valence-electron chi connectivity index (χ0n) is 11.8. The van der Waals surface area contributed by atoms with E-state index in [0.29, 0.717) is 17.9 Å². The molecule has 2 amide bonds. The molecular formula is C15H17N3O3. The zero-order valence-corrected chi connectivity index (χ0v) is 11.8. The van der Waals surface area contributed by atoms with Crippen molar-refractivity contribution in [2.75, 3.05) is 6.54 Å². The van der Waals surface area contributed by atoms with Gasteiger partial charge in [0.1, 0.15) is 5.76 Å². The van der Waals surface area contributed by atoms with Crippen molar-refractivity contribution in [2.24, 2.45) is 0 Å². The predicted molar refractivity (Wildman–Crippen MR) is 76.5 cm³/mol. The van der Waals surface area contributed by atoms with E-state index in [2.05, 4.69) is 15.6 Å². The number of pyridine rings is 1. The second kappa shape index (κ2) is 7.23. The predicted octanol–water partition coefficient (Wildman–Crippen LogP) is 1.42. The highest BCUT2D eigenvalue weighted by molar-refractivity contribution is 5.95. The third-order valence-corrected chi connectivity index (χ3v) is 2.95. The van der Waals surface area contributed by atoms with Crippen LogP contribution in [-0.2, 0) is 11.3 Å². The molecule has 0 aliphatic heterocycles. The number of rotatable bonds is 6. The molecule has 21 heavy (non-hydrogen) atoms. The number of carbonyl (C=O) groups is 2. The Hall–Kier alpha value is -2.63. The Morgan fingerprint density at radius 2 is 2.14 bits per heavy atom. The highest BCUT2D eigenvalue weighted by Crippen LogP contribution is 2.07. The van der Waals surface area contributed by atoms with Gasteiger partial charge in [0, 0.05) is 31.9 Å². The van der Waals surface area contributed by atoms with Crippen molar-refractivity contribution in [1.29, 1.82) is 0 Å². The van der Waals surface area contributed by atoms with Gasteiger partial charge in [-0.1, -0.05) is 6.07 Å². The molecule has 0 radical (unpaired) electrons. The van der Waals surface area contributed by atoms with Gasteiger partial charge in [0.25, 0.3) is 5.91 Å². The van der Waals surface area contributed by atoms with E-state index in [1.165, 1.54) is 6.26 Å². The lowest BCUT2D eigenvalue weighted by molar-refractivity contribution is -0.121. The molecule has 0 saturated carbocycles. The molecule has 0 fully saturated rings. The summed E-state index contributed by atoms with van der Waals surface area (Å²) in [6, 6.07) is 5.30. The summed E-state index contributed by atoms with van der Waals surface area (Å²) in [5, 5.41) is 5.45. The van der Waals surface area contributed by atoms with Gasteiger partial charge in [-0.15, -0.1) is 0 Å². The number of furan rings is 1. The van der Waals surface area contributed by atoms with Crippen LogP contribution in [0.2, 0.25) is 0 Å². The highest BCUT2D eigenvalue weighted by atomic mass is 16.3. The van der Waals surface area contributed by atoms with Gasteiger partial charge < -0.3 is 15.1 Å². The van der Waals surface area contributed by atoms with Crippen molar-refractivity contribution in [3.8, 4) is 0 Å². The van der Waals surface area contributed by atoms with Crippen molar-refractivity contribution in [1.82, 2.24) is 15.6 Å². The lowest BCUT2D eigenvalue weighted by Crippen LogP contribution is -2.30. The summed E-state index contributed by atoms with van der Waals surface area (Å²) >= 11 is 0. The number of hydrogen-bond donors (Lipinski definition) is 2. The van der Waals surface area contributed by atoms with E-state index in [1.54, 1.807) is 25.4 Å². The van der Waals surface area contributed by atoms with Crippen LogP contribution in [-0.4, -0.2) is 23.3 Å². The van der Waals surface area contributed by atoms with Gasteiger partial charge in [0.15, 0.2) is 0 Å². The summed E-state index contributed by atoms with van der Waals surface area (Å²) in [6.45, 7) is 2.43. The van der Waals surface area contributed by atoms with E-state index < -0.39 is 0 Å². The Labute approximate surface area is 122 Å². The Balaban J connectivity index is 1.68. The fourth-order valence-electron chi connectivity index (χ4n) is 1.80. The maximum absolute atomic E-state index is 11.8. The Bertz CT molecular complexity index is 608. The fraction of sp³-hybridized carbons (Fsp3) is 0.267. The first-order chi connectivity index (χ1) is 10.2. The van der Waals surface area contributed by atoms with Gasteiger partial charge in [-0.3, -0.25) is 14.6 Å². The number of nitrogens with zero attached hydrogens (tertiary/aromatic N) is 1. The van der Waals surface area contributed by atoms with Crippen LogP contribution in [0.5, 0.6) is 0 Å². The minimum absolute atomic E-state index is 0.122. The second-order valence-corrected chi connectivity index (χ2v) is 4.53. The van der Waals surface area contributed by atoms with E-state index in [9.17, 15) is 9.59 Å². The largest absolute Gasteiger partial charge is 0.469 e. The van der Waals surface area contributed by atoms with E-state index >= 15 is 0 Å². The van der Waals surface area contributed by atoms with Crippen LogP contribution >= 0.6 is 0 Å². The van der Waals surface area contributed by atoms with E-state index in [1.807, 2.05) is 12.1 Å². The molecule has 0 unspecified atom stereocenters. The number of hydrogen-bond acceptors (Lipinski definition) is 4. The number of aromatic nitrogens is 1.